The molecule has 23 heavy (non-hydrogen) atoms. The highest BCUT2D eigenvalue weighted by molar-refractivity contribution is 7.89. The standard InChI is InChI=1S/C14H18Cl2N2O4S/c1-2-22-13(19)5-6-18(9-10-3-4-10)23(20,21)11-7-12(15)14(16)17-8-11/h7-8,10H,2-6,9H2,1H3. The largest absolute Gasteiger partial charge is 0.466 e. The summed E-state index contributed by atoms with van der Waals surface area (Å²) in [6.45, 7) is 2.42. The van der Waals surface area contributed by atoms with E-state index in [1.807, 2.05) is 0 Å². The zero-order valence-corrected chi connectivity index (χ0v) is 15.0. The summed E-state index contributed by atoms with van der Waals surface area (Å²) < 4.78 is 31.7. The van der Waals surface area contributed by atoms with E-state index in [1.54, 1.807) is 6.92 Å². The average Bonchev–Trinajstić information content (AvgIpc) is 3.30. The van der Waals surface area contributed by atoms with Crippen LogP contribution in [0.1, 0.15) is 26.2 Å². The second-order valence-corrected chi connectivity index (χ2v) is 8.01. The van der Waals surface area contributed by atoms with Gasteiger partial charge in [-0.2, -0.15) is 4.31 Å². The maximum absolute atomic E-state index is 12.8. The molecule has 0 unspecified atom stereocenters. The summed E-state index contributed by atoms with van der Waals surface area (Å²) in [5.74, 6) is -0.0848. The number of ether oxygens (including phenoxy) is 1. The minimum absolute atomic E-state index is 0.00847. The van der Waals surface area contributed by atoms with Crippen molar-refractivity contribution in [3.05, 3.63) is 22.4 Å². The predicted octanol–water partition coefficient (Wildman–Crippen LogP) is 2.74. The van der Waals surface area contributed by atoms with Crippen molar-refractivity contribution in [1.82, 2.24) is 9.29 Å². The lowest BCUT2D eigenvalue weighted by atomic mass is 10.4. The number of halogens is 2. The van der Waals surface area contributed by atoms with Crippen LogP contribution in [-0.2, 0) is 19.6 Å². The lowest BCUT2D eigenvalue weighted by Gasteiger charge is -2.21. The summed E-state index contributed by atoms with van der Waals surface area (Å²) in [5, 5.41) is 0.121. The van der Waals surface area contributed by atoms with E-state index in [9.17, 15) is 13.2 Å². The molecule has 1 aromatic rings. The molecule has 1 fully saturated rings. The first-order chi connectivity index (χ1) is 10.8. The maximum Gasteiger partial charge on any atom is 0.307 e. The van der Waals surface area contributed by atoms with Crippen molar-refractivity contribution < 1.29 is 17.9 Å². The topological polar surface area (TPSA) is 76.6 Å². The molecule has 1 aliphatic rings. The Morgan fingerprint density at radius 3 is 2.70 bits per heavy atom. The first kappa shape index (κ1) is 18.4. The van der Waals surface area contributed by atoms with Crippen LogP contribution >= 0.6 is 23.2 Å². The molecule has 0 aliphatic heterocycles. The van der Waals surface area contributed by atoms with E-state index < -0.39 is 16.0 Å². The Labute approximate surface area is 145 Å². The van der Waals surface area contributed by atoms with Gasteiger partial charge in [0.25, 0.3) is 0 Å². The minimum atomic E-state index is -3.79. The molecule has 0 radical (unpaired) electrons. The molecule has 128 valence electrons. The molecule has 2 rings (SSSR count). The summed E-state index contributed by atoms with van der Waals surface area (Å²) in [7, 11) is -3.79. The average molecular weight is 381 g/mol. The fourth-order valence-electron chi connectivity index (χ4n) is 2.04. The third-order valence-corrected chi connectivity index (χ3v) is 5.95. The van der Waals surface area contributed by atoms with Crippen molar-refractivity contribution in [3.63, 3.8) is 0 Å². The highest BCUT2D eigenvalue weighted by Crippen LogP contribution is 2.32. The smallest absolute Gasteiger partial charge is 0.307 e. The van der Waals surface area contributed by atoms with Crippen molar-refractivity contribution in [1.29, 1.82) is 0 Å². The Morgan fingerprint density at radius 1 is 1.43 bits per heavy atom. The van der Waals surface area contributed by atoms with E-state index in [2.05, 4.69) is 4.98 Å². The third kappa shape index (κ3) is 5.04. The van der Waals surface area contributed by atoms with Crippen molar-refractivity contribution in [2.24, 2.45) is 5.92 Å². The van der Waals surface area contributed by atoms with E-state index in [0.717, 1.165) is 12.8 Å². The highest BCUT2D eigenvalue weighted by Gasteiger charge is 2.32. The van der Waals surface area contributed by atoms with Gasteiger partial charge in [-0.1, -0.05) is 23.2 Å². The second-order valence-electron chi connectivity index (χ2n) is 5.31. The number of sulfonamides is 1. The number of carbonyl (C=O) groups excluding carboxylic acids is 1. The predicted molar refractivity (Wildman–Crippen MR) is 87.0 cm³/mol. The molecular formula is C14H18Cl2N2O4S. The van der Waals surface area contributed by atoms with E-state index in [0.29, 0.717) is 12.5 Å². The summed E-state index contributed by atoms with van der Waals surface area (Å²) >= 11 is 11.6. The zero-order chi connectivity index (χ0) is 17.0. The molecule has 0 bridgehead atoms. The third-order valence-electron chi connectivity index (χ3n) is 3.44. The van der Waals surface area contributed by atoms with Gasteiger partial charge in [0.05, 0.1) is 18.1 Å². The van der Waals surface area contributed by atoms with E-state index in [4.69, 9.17) is 27.9 Å². The lowest BCUT2D eigenvalue weighted by molar-refractivity contribution is -0.143. The summed E-state index contributed by atoms with van der Waals surface area (Å²) in [6.07, 6.45) is 3.17. The van der Waals surface area contributed by atoms with Crippen LogP contribution < -0.4 is 0 Å². The van der Waals surface area contributed by atoms with Crippen molar-refractivity contribution in [3.8, 4) is 0 Å². The number of esters is 1. The van der Waals surface area contributed by atoms with E-state index >= 15 is 0 Å². The Balaban J connectivity index is 2.17. The molecule has 1 aromatic heterocycles. The van der Waals surface area contributed by atoms with Crippen molar-refractivity contribution in [2.75, 3.05) is 19.7 Å². The first-order valence-corrected chi connectivity index (χ1v) is 9.51. The van der Waals surface area contributed by atoms with Gasteiger partial charge in [0.15, 0.2) is 0 Å². The van der Waals surface area contributed by atoms with Crippen LogP contribution in [0.5, 0.6) is 0 Å². The van der Waals surface area contributed by atoms with Gasteiger partial charge in [0.1, 0.15) is 10.0 Å². The molecule has 0 spiro atoms. The molecule has 0 saturated heterocycles. The number of pyridine rings is 1. The number of hydrogen-bond acceptors (Lipinski definition) is 5. The molecular weight excluding hydrogens is 363 g/mol. The molecule has 0 amide bonds. The van der Waals surface area contributed by atoms with Gasteiger partial charge in [0.2, 0.25) is 10.0 Å². The number of aromatic nitrogens is 1. The van der Waals surface area contributed by atoms with Crippen LogP contribution in [0.3, 0.4) is 0 Å². The number of hydrogen-bond donors (Lipinski definition) is 0. The summed E-state index contributed by atoms with van der Waals surface area (Å²) in [5.41, 5.74) is 0. The van der Waals surface area contributed by atoms with Crippen LogP contribution in [0.4, 0.5) is 0 Å². The van der Waals surface area contributed by atoms with Gasteiger partial charge in [-0.05, 0) is 31.7 Å². The molecule has 1 aliphatic carbocycles. The number of rotatable bonds is 8. The zero-order valence-electron chi connectivity index (χ0n) is 12.7. The van der Waals surface area contributed by atoms with Crippen LogP contribution in [0.25, 0.3) is 0 Å². The minimum Gasteiger partial charge on any atom is -0.466 e. The van der Waals surface area contributed by atoms with Gasteiger partial charge in [-0.15, -0.1) is 0 Å². The molecule has 0 aromatic carbocycles. The Morgan fingerprint density at radius 2 is 2.13 bits per heavy atom. The lowest BCUT2D eigenvalue weighted by Crippen LogP contribution is -2.35. The quantitative estimate of drug-likeness (QED) is 0.511. The molecule has 1 saturated carbocycles. The fourth-order valence-corrected chi connectivity index (χ4v) is 3.86. The molecule has 0 atom stereocenters. The van der Waals surface area contributed by atoms with Crippen LogP contribution in [0.2, 0.25) is 10.2 Å². The van der Waals surface area contributed by atoms with Crippen LogP contribution in [-0.4, -0.2) is 43.4 Å². The number of nitrogens with zero attached hydrogens (tertiary/aromatic N) is 2. The van der Waals surface area contributed by atoms with Crippen LogP contribution in [0.15, 0.2) is 17.2 Å². The monoisotopic (exact) mass is 380 g/mol. The normalized spacial score (nSPS) is 15.0. The summed E-state index contributed by atoms with van der Waals surface area (Å²) in [4.78, 5) is 15.3. The fraction of sp³-hybridized carbons (Fsp3) is 0.571. The second kappa shape index (κ2) is 7.79. The van der Waals surface area contributed by atoms with Gasteiger partial charge in [-0.25, -0.2) is 13.4 Å². The maximum atomic E-state index is 12.8. The number of carbonyl (C=O) groups is 1. The highest BCUT2D eigenvalue weighted by atomic mass is 35.5. The van der Waals surface area contributed by atoms with E-state index in [-0.39, 0.29) is 34.6 Å². The molecule has 9 heteroatoms. The molecule has 0 N–H and O–H groups in total. The van der Waals surface area contributed by atoms with E-state index in [1.165, 1.54) is 16.6 Å². The summed E-state index contributed by atoms with van der Waals surface area (Å²) in [6, 6.07) is 1.27. The molecule has 6 nitrogen and oxygen atoms in total. The van der Waals surface area contributed by atoms with Gasteiger partial charge in [0, 0.05) is 19.3 Å². The Kier molecular flexibility index (Phi) is 6.25. The van der Waals surface area contributed by atoms with Gasteiger partial charge in [-0.3, -0.25) is 4.79 Å². The Hall–Kier alpha value is -0.890. The SMILES string of the molecule is CCOC(=O)CCN(CC1CC1)S(=O)(=O)c1cnc(Cl)c(Cl)c1. The Bertz CT molecular complexity index is 677. The first-order valence-electron chi connectivity index (χ1n) is 7.31. The van der Waals surface area contributed by atoms with Crippen LogP contribution in [0, 0.1) is 5.92 Å². The molecule has 1 heterocycles. The van der Waals surface area contributed by atoms with Crippen molar-refractivity contribution >= 4 is 39.2 Å². The van der Waals surface area contributed by atoms with Gasteiger partial charge < -0.3 is 4.74 Å². The van der Waals surface area contributed by atoms with Gasteiger partial charge >= 0.3 is 5.97 Å². The van der Waals surface area contributed by atoms with Crippen molar-refractivity contribution in [2.45, 2.75) is 31.1 Å².